The summed E-state index contributed by atoms with van der Waals surface area (Å²) in [6.45, 7) is 7.84. The number of unbranched alkanes of at least 4 members (excludes halogenated alkanes) is 3. The van der Waals surface area contributed by atoms with Crippen LogP contribution >= 0.6 is 0 Å². The van der Waals surface area contributed by atoms with Gasteiger partial charge >= 0.3 is 169 Å². The van der Waals surface area contributed by atoms with E-state index in [4.69, 9.17) is 10.5 Å². The molecule has 1 unspecified atom stereocenters. The molecule has 2 radical (unpaired) electrons. The van der Waals surface area contributed by atoms with E-state index in [1.54, 1.807) is 0 Å². The van der Waals surface area contributed by atoms with Crippen LogP contribution < -0.4 is 5.73 Å². The Labute approximate surface area is 168 Å². The molecule has 0 amide bonds. The van der Waals surface area contributed by atoms with Crippen molar-refractivity contribution < 1.29 is 4.74 Å². The number of hydrogen-bond donors (Lipinski definition) is 1. The third-order valence-corrected chi connectivity index (χ3v) is 11.4. The summed E-state index contributed by atoms with van der Waals surface area (Å²) < 4.78 is 7.97. The van der Waals surface area contributed by atoms with Crippen LogP contribution in [0.25, 0.3) is 0 Å². The van der Waals surface area contributed by atoms with Crippen molar-refractivity contribution in [3.05, 3.63) is 0 Å². The molecule has 148 valence electrons. The first-order chi connectivity index (χ1) is 12.2. The maximum absolute atomic E-state index is 6.43. The minimum atomic E-state index is -0.512. The molecule has 0 aromatic heterocycles. The molecule has 2 N–H and O–H groups in total. The predicted molar refractivity (Wildman–Crippen MR) is 112 cm³/mol. The molecule has 0 bridgehead atoms. The summed E-state index contributed by atoms with van der Waals surface area (Å²) in [4.78, 5) is 0. The van der Waals surface area contributed by atoms with Gasteiger partial charge in [0.15, 0.2) is 0 Å². The third kappa shape index (κ3) is 10.0. The van der Waals surface area contributed by atoms with E-state index < -0.39 is 21.1 Å². The number of rotatable bonds is 15. The van der Waals surface area contributed by atoms with Gasteiger partial charge < -0.3 is 0 Å². The molecule has 1 atom stereocenters. The normalized spacial score (nSPS) is 17.8. The predicted octanol–water partition coefficient (Wildman–Crippen LogP) is 6.30. The molecule has 0 heterocycles. The standard InChI is InChI=1S/C13H27.C9H18NO.Sn/c1-4-7-10-13(11-8-5-2)12-9-6-3;1-11-7-9(10)8-5-3-2-4-6-8;/h4-12H2,1-3H3;8-9H,1-7,10H2;. The molecular weight excluding hydrogens is 413 g/mol. The zero-order chi connectivity index (χ0) is 18.4. The fraction of sp³-hybridized carbons (Fsp3) is 1.00. The number of hydrogen-bond acceptors (Lipinski definition) is 2. The second-order valence-corrected chi connectivity index (χ2v) is 13.2. The van der Waals surface area contributed by atoms with Crippen LogP contribution in [-0.4, -0.2) is 38.4 Å². The Morgan fingerprint density at radius 1 is 0.920 bits per heavy atom. The van der Waals surface area contributed by atoms with Crippen LogP contribution in [-0.2, 0) is 4.74 Å². The Morgan fingerprint density at radius 2 is 1.44 bits per heavy atom. The average Bonchev–Trinajstić information content (AvgIpc) is 2.66. The summed E-state index contributed by atoms with van der Waals surface area (Å²) in [5, 5.41) is 0. The first-order valence-electron chi connectivity index (χ1n) is 11.3. The van der Waals surface area contributed by atoms with Gasteiger partial charge in [0.2, 0.25) is 0 Å². The van der Waals surface area contributed by atoms with Crippen molar-refractivity contribution in [2.45, 2.75) is 120 Å². The summed E-state index contributed by atoms with van der Waals surface area (Å²) in [6, 6.07) is 0.288. The Kier molecular flexibility index (Phi) is 14.0. The molecule has 0 spiro atoms. The van der Waals surface area contributed by atoms with Crippen molar-refractivity contribution in [3.63, 3.8) is 0 Å². The minimum absolute atomic E-state index is 0.288. The molecule has 0 saturated heterocycles. The Hall–Kier alpha value is 0.719. The summed E-state index contributed by atoms with van der Waals surface area (Å²) in [5.74, 6) is 0.726. The summed E-state index contributed by atoms with van der Waals surface area (Å²) in [5.41, 5.74) is 6.43. The van der Waals surface area contributed by atoms with Crippen LogP contribution in [0.2, 0.25) is 3.43 Å². The molecule has 0 aromatic rings. The van der Waals surface area contributed by atoms with E-state index in [-0.39, 0.29) is 6.04 Å². The Balaban J connectivity index is 2.42. The first kappa shape index (κ1) is 23.8. The van der Waals surface area contributed by atoms with Gasteiger partial charge in [-0.2, -0.15) is 0 Å². The second-order valence-electron chi connectivity index (χ2n) is 8.34. The fourth-order valence-corrected chi connectivity index (χ4v) is 8.81. The van der Waals surface area contributed by atoms with Crippen molar-refractivity contribution in [1.82, 2.24) is 0 Å². The van der Waals surface area contributed by atoms with E-state index in [0.29, 0.717) is 3.43 Å². The first-order valence-corrected chi connectivity index (χ1v) is 14.7. The molecule has 25 heavy (non-hydrogen) atoms. The molecule has 3 heteroatoms. The van der Waals surface area contributed by atoms with Crippen LogP contribution in [0.1, 0.15) is 111 Å². The summed E-state index contributed by atoms with van der Waals surface area (Å²) in [6.07, 6.45) is 19.5. The van der Waals surface area contributed by atoms with Crippen LogP contribution in [0.4, 0.5) is 0 Å². The van der Waals surface area contributed by atoms with Gasteiger partial charge in [-0.25, -0.2) is 0 Å². The summed E-state index contributed by atoms with van der Waals surface area (Å²) >= 11 is -0.512. The van der Waals surface area contributed by atoms with Crippen molar-refractivity contribution >= 4 is 21.1 Å². The summed E-state index contributed by atoms with van der Waals surface area (Å²) in [7, 11) is 0. The maximum atomic E-state index is 6.43. The molecule has 1 fully saturated rings. The van der Waals surface area contributed by atoms with Gasteiger partial charge in [-0.05, 0) is 0 Å². The van der Waals surface area contributed by atoms with Crippen molar-refractivity contribution in [2.24, 2.45) is 11.7 Å². The zero-order valence-corrected chi connectivity index (χ0v) is 20.3. The molecular formula is C22H45NOSn. The topological polar surface area (TPSA) is 35.2 Å². The van der Waals surface area contributed by atoms with Gasteiger partial charge in [0, 0.05) is 0 Å². The van der Waals surface area contributed by atoms with Gasteiger partial charge in [0.1, 0.15) is 0 Å². The Bertz CT molecular complexity index is 283. The van der Waals surface area contributed by atoms with Crippen LogP contribution in [0.5, 0.6) is 0 Å². The quantitative estimate of drug-likeness (QED) is 0.231. The molecule has 0 aliphatic heterocycles. The number of nitrogens with two attached hydrogens (primary N) is 1. The molecule has 2 nitrogen and oxygen atoms in total. The van der Waals surface area contributed by atoms with Crippen molar-refractivity contribution in [3.8, 4) is 0 Å². The van der Waals surface area contributed by atoms with Crippen LogP contribution in [0.15, 0.2) is 0 Å². The molecule has 1 aliphatic rings. The second kappa shape index (κ2) is 14.7. The van der Waals surface area contributed by atoms with Gasteiger partial charge in [-0.3, -0.25) is 0 Å². The van der Waals surface area contributed by atoms with Gasteiger partial charge in [0.05, 0.1) is 0 Å². The molecule has 1 saturated carbocycles. The van der Waals surface area contributed by atoms with E-state index in [9.17, 15) is 0 Å². The Morgan fingerprint density at radius 3 is 1.92 bits per heavy atom. The van der Waals surface area contributed by atoms with E-state index in [1.165, 1.54) is 89.9 Å². The van der Waals surface area contributed by atoms with Crippen LogP contribution in [0.3, 0.4) is 0 Å². The van der Waals surface area contributed by atoms with Gasteiger partial charge in [-0.15, -0.1) is 0 Å². The van der Waals surface area contributed by atoms with E-state index in [0.717, 1.165) is 17.1 Å². The average molecular weight is 458 g/mol. The molecule has 1 aliphatic carbocycles. The van der Waals surface area contributed by atoms with Crippen molar-refractivity contribution in [1.29, 1.82) is 0 Å². The van der Waals surface area contributed by atoms with Gasteiger partial charge in [-0.1, -0.05) is 0 Å². The fourth-order valence-electron chi connectivity index (χ4n) is 4.28. The van der Waals surface area contributed by atoms with Gasteiger partial charge in [0.25, 0.3) is 0 Å². The zero-order valence-electron chi connectivity index (χ0n) is 17.5. The third-order valence-electron chi connectivity index (χ3n) is 6.14. The SMILES string of the molecule is CCCC[C](CCCC)(CCCC)[Sn][CH2]OCC(N)C1CCCCC1. The molecule has 1 rings (SSSR count). The van der Waals surface area contributed by atoms with Crippen molar-refractivity contribution in [2.75, 3.05) is 11.2 Å². The monoisotopic (exact) mass is 459 g/mol. The van der Waals surface area contributed by atoms with E-state index >= 15 is 0 Å². The number of ether oxygens (including phenoxy) is 1. The van der Waals surface area contributed by atoms with E-state index in [1.807, 2.05) is 0 Å². The molecule has 0 aromatic carbocycles. The van der Waals surface area contributed by atoms with Crippen LogP contribution in [0, 0.1) is 5.92 Å². The van der Waals surface area contributed by atoms with E-state index in [2.05, 4.69) is 20.8 Å².